The molecule has 0 aromatic carbocycles. The highest BCUT2D eigenvalue weighted by Crippen LogP contribution is 2.28. The lowest BCUT2D eigenvalue weighted by atomic mass is 9.96. The van der Waals surface area contributed by atoms with Crippen LogP contribution in [0.5, 0.6) is 0 Å². The Morgan fingerprint density at radius 1 is 1.15 bits per heavy atom. The molecule has 150 valence electrons. The Hall–Kier alpha value is -1.38. The average Bonchev–Trinajstić information content (AvgIpc) is 2.56. The molecular weight excluding hydrogens is 358 g/mol. The third-order valence-electron chi connectivity index (χ3n) is 4.24. The lowest BCUT2D eigenvalue weighted by Crippen LogP contribution is -2.66. The van der Waals surface area contributed by atoms with Crippen molar-refractivity contribution < 1.29 is 54.4 Å². The molecule has 12 nitrogen and oxygen atoms in total. The van der Waals surface area contributed by atoms with E-state index in [0.717, 1.165) is 6.92 Å². The third kappa shape index (κ3) is 4.47. The first-order chi connectivity index (χ1) is 12.1. The first-order valence-electron chi connectivity index (χ1n) is 7.95. The minimum atomic E-state index is -1.67. The number of ether oxygens (including phenoxy) is 3. The molecule has 0 saturated carbocycles. The quantitative estimate of drug-likeness (QED) is 0.244. The van der Waals surface area contributed by atoms with E-state index < -0.39 is 73.7 Å². The highest BCUT2D eigenvalue weighted by Gasteiger charge is 2.49. The van der Waals surface area contributed by atoms with Crippen molar-refractivity contribution in [3.63, 3.8) is 0 Å². The summed E-state index contributed by atoms with van der Waals surface area (Å²) in [5.74, 6) is -1.97. The molecule has 2 fully saturated rings. The number of carbonyl (C=O) groups excluding carboxylic acids is 1. The van der Waals surface area contributed by atoms with Crippen LogP contribution in [0.4, 0.5) is 0 Å². The maximum Gasteiger partial charge on any atom is 0.333 e. The van der Waals surface area contributed by atoms with Crippen LogP contribution in [-0.4, -0.2) is 104 Å². The Balaban J connectivity index is 2.22. The maximum absolute atomic E-state index is 11.3. The van der Waals surface area contributed by atoms with Gasteiger partial charge in [-0.05, 0) is 0 Å². The van der Waals surface area contributed by atoms with Crippen molar-refractivity contribution in [2.24, 2.45) is 0 Å². The van der Waals surface area contributed by atoms with Crippen LogP contribution >= 0.6 is 0 Å². The number of hydrogen-bond acceptors (Lipinski definition) is 10. The molecule has 0 aliphatic carbocycles. The van der Waals surface area contributed by atoms with Crippen molar-refractivity contribution in [1.82, 2.24) is 5.32 Å². The van der Waals surface area contributed by atoms with E-state index in [1.54, 1.807) is 0 Å². The second kappa shape index (κ2) is 8.54. The van der Waals surface area contributed by atoms with Gasteiger partial charge in [0.1, 0.15) is 30.5 Å². The number of aliphatic carboxylic acids is 1. The summed E-state index contributed by atoms with van der Waals surface area (Å²) in [6, 6.07) is -1.30. The van der Waals surface area contributed by atoms with Crippen LogP contribution in [0.3, 0.4) is 0 Å². The number of aliphatic hydroxyl groups is 5. The summed E-state index contributed by atoms with van der Waals surface area (Å²) >= 11 is 0. The standard InChI is InChI=1S/C14H23NO11/c1-4(17)15-8-11(10(20)7(3-16)24-13(8)23)26-14-9(19)5(18)2-6(25-14)12(21)22/h5-11,13-14,16,18-20,23H,2-3H2,1H3,(H,15,17)(H,21,22)/t5-,6-,7+,8+,9+,10+,11+,13+,14-/m0/s1. The zero-order valence-corrected chi connectivity index (χ0v) is 13.8. The summed E-state index contributed by atoms with van der Waals surface area (Å²) in [5.41, 5.74) is 0. The Labute approximate surface area is 147 Å². The summed E-state index contributed by atoms with van der Waals surface area (Å²) in [7, 11) is 0. The van der Waals surface area contributed by atoms with Crippen molar-refractivity contribution in [2.45, 2.75) is 68.6 Å². The van der Waals surface area contributed by atoms with E-state index in [4.69, 9.17) is 19.3 Å². The average molecular weight is 381 g/mol. The fraction of sp³-hybridized carbons (Fsp3) is 0.857. The minimum absolute atomic E-state index is 0.371. The molecule has 12 heteroatoms. The van der Waals surface area contributed by atoms with E-state index in [0.29, 0.717) is 0 Å². The van der Waals surface area contributed by atoms with Gasteiger partial charge in [-0.3, -0.25) is 4.79 Å². The maximum atomic E-state index is 11.3. The number of aliphatic hydroxyl groups excluding tert-OH is 5. The Kier molecular flexibility index (Phi) is 6.87. The van der Waals surface area contributed by atoms with Crippen molar-refractivity contribution in [2.75, 3.05) is 6.61 Å². The Morgan fingerprint density at radius 2 is 1.81 bits per heavy atom. The molecule has 0 spiro atoms. The minimum Gasteiger partial charge on any atom is -0.479 e. The van der Waals surface area contributed by atoms with Gasteiger partial charge in [0.2, 0.25) is 5.91 Å². The molecule has 2 heterocycles. The molecule has 2 rings (SSSR count). The molecule has 26 heavy (non-hydrogen) atoms. The van der Waals surface area contributed by atoms with Gasteiger partial charge < -0.3 is 50.2 Å². The van der Waals surface area contributed by atoms with E-state index in [9.17, 15) is 35.1 Å². The highest BCUT2D eigenvalue weighted by atomic mass is 16.7. The van der Waals surface area contributed by atoms with Crippen molar-refractivity contribution >= 4 is 11.9 Å². The summed E-state index contributed by atoms with van der Waals surface area (Å²) < 4.78 is 15.5. The predicted octanol–water partition coefficient (Wildman–Crippen LogP) is -4.13. The largest absolute Gasteiger partial charge is 0.479 e. The summed E-state index contributed by atoms with van der Waals surface area (Å²) in [6.45, 7) is 0.462. The third-order valence-corrected chi connectivity index (χ3v) is 4.24. The van der Waals surface area contributed by atoms with Crippen LogP contribution in [0.25, 0.3) is 0 Å². The van der Waals surface area contributed by atoms with Crippen molar-refractivity contribution in [3.8, 4) is 0 Å². The summed E-state index contributed by atoms with van der Waals surface area (Å²) in [5, 5.41) is 60.7. The lowest BCUT2D eigenvalue weighted by molar-refractivity contribution is -0.324. The molecule has 0 aromatic heterocycles. The van der Waals surface area contributed by atoms with Gasteiger partial charge in [-0.15, -0.1) is 0 Å². The van der Waals surface area contributed by atoms with Gasteiger partial charge in [-0.25, -0.2) is 4.79 Å². The van der Waals surface area contributed by atoms with Crippen LogP contribution in [0.2, 0.25) is 0 Å². The van der Waals surface area contributed by atoms with E-state index in [1.165, 1.54) is 0 Å². The number of carboxylic acid groups (broad SMARTS) is 1. The molecule has 1 amide bonds. The zero-order chi connectivity index (χ0) is 19.6. The number of hydrogen-bond donors (Lipinski definition) is 7. The lowest BCUT2D eigenvalue weighted by Gasteiger charge is -2.45. The molecule has 9 atom stereocenters. The van der Waals surface area contributed by atoms with Gasteiger partial charge in [0, 0.05) is 13.3 Å². The topological polar surface area (TPSA) is 195 Å². The van der Waals surface area contributed by atoms with Gasteiger partial charge >= 0.3 is 5.97 Å². The first-order valence-corrected chi connectivity index (χ1v) is 7.95. The summed E-state index contributed by atoms with van der Waals surface area (Å²) in [4.78, 5) is 22.4. The number of carboxylic acids is 1. The van der Waals surface area contributed by atoms with E-state index in [2.05, 4.69) is 5.32 Å². The fourth-order valence-corrected chi connectivity index (χ4v) is 2.90. The van der Waals surface area contributed by atoms with E-state index >= 15 is 0 Å². The van der Waals surface area contributed by atoms with Gasteiger partial charge in [0.05, 0.1) is 12.7 Å². The van der Waals surface area contributed by atoms with Gasteiger partial charge in [-0.2, -0.15) is 0 Å². The molecule has 0 aromatic rings. The molecule has 2 aliphatic heterocycles. The highest BCUT2D eigenvalue weighted by molar-refractivity contribution is 5.73. The van der Waals surface area contributed by atoms with Gasteiger partial charge in [0.25, 0.3) is 0 Å². The van der Waals surface area contributed by atoms with Gasteiger partial charge in [0.15, 0.2) is 18.7 Å². The Morgan fingerprint density at radius 3 is 2.35 bits per heavy atom. The van der Waals surface area contributed by atoms with Crippen LogP contribution in [-0.2, 0) is 23.8 Å². The zero-order valence-electron chi connectivity index (χ0n) is 13.8. The molecule has 7 N–H and O–H groups in total. The number of nitrogens with one attached hydrogen (secondary N) is 1. The second-order valence-electron chi connectivity index (χ2n) is 6.19. The molecule has 0 unspecified atom stereocenters. The molecule has 2 aliphatic rings. The van der Waals surface area contributed by atoms with Crippen LogP contribution in [0.1, 0.15) is 13.3 Å². The van der Waals surface area contributed by atoms with E-state index in [1.807, 2.05) is 0 Å². The van der Waals surface area contributed by atoms with Gasteiger partial charge in [-0.1, -0.05) is 0 Å². The van der Waals surface area contributed by atoms with E-state index in [-0.39, 0.29) is 6.42 Å². The molecule has 0 bridgehead atoms. The smallest absolute Gasteiger partial charge is 0.333 e. The van der Waals surface area contributed by atoms with Crippen molar-refractivity contribution in [3.05, 3.63) is 0 Å². The van der Waals surface area contributed by atoms with Crippen molar-refractivity contribution in [1.29, 1.82) is 0 Å². The van der Waals surface area contributed by atoms with Crippen LogP contribution in [0, 0.1) is 0 Å². The SMILES string of the molecule is CC(=O)N[C@@H]1[C@@H](O[C@@H]2O[C@H](C(=O)O)C[C@H](O)[C@H]2O)[C@H](O)[C@@H](CO)O[C@H]1O. The predicted molar refractivity (Wildman–Crippen MR) is 79.4 cm³/mol. The van der Waals surface area contributed by atoms with Crippen LogP contribution < -0.4 is 5.32 Å². The number of rotatable bonds is 5. The van der Waals surface area contributed by atoms with Crippen LogP contribution in [0.15, 0.2) is 0 Å². The molecular formula is C14H23NO11. The molecule has 2 saturated heterocycles. The second-order valence-corrected chi connectivity index (χ2v) is 6.19. The summed E-state index contributed by atoms with van der Waals surface area (Å²) in [6.07, 6.45) is -12.5. The normalized spacial score (nSPS) is 43.7. The monoisotopic (exact) mass is 381 g/mol. The first kappa shape index (κ1) is 20.9. The number of amides is 1. The fourth-order valence-electron chi connectivity index (χ4n) is 2.90. The molecule has 0 radical (unpaired) electrons. The Bertz CT molecular complexity index is 517. The number of carbonyl (C=O) groups is 2.